The first-order valence-corrected chi connectivity index (χ1v) is 12.1. The molecule has 0 unspecified atom stereocenters. The van der Waals surface area contributed by atoms with Crippen molar-refractivity contribution in [2.24, 2.45) is 35.5 Å². The molecule has 3 nitrogen and oxygen atoms in total. The van der Waals surface area contributed by atoms with Crippen molar-refractivity contribution in [1.82, 2.24) is 0 Å². The Balaban J connectivity index is 1.76. The second-order valence-corrected chi connectivity index (χ2v) is 10.2. The van der Waals surface area contributed by atoms with Crippen LogP contribution in [-0.2, 0) is 15.9 Å². The maximum atomic E-state index is 10.8. The first-order chi connectivity index (χ1) is 14.2. The summed E-state index contributed by atoms with van der Waals surface area (Å²) in [5.41, 5.74) is 1.44. The van der Waals surface area contributed by atoms with Gasteiger partial charge in [-0.1, -0.05) is 71.9 Å². The number of aryl methyl sites for hydroxylation is 1. The zero-order valence-electron chi connectivity index (χ0n) is 20.4. The first-order valence-electron chi connectivity index (χ1n) is 12.1. The van der Waals surface area contributed by atoms with E-state index in [1.807, 2.05) is 0 Å². The van der Waals surface area contributed by atoms with Gasteiger partial charge in [-0.2, -0.15) is 0 Å². The Morgan fingerprint density at radius 1 is 0.967 bits per heavy atom. The van der Waals surface area contributed by atoms with Crippen LogP contribution < -0.4 is 0 Å². The van der Waals surface area contributed by atoms with Gasteiger partial charge in [-0.3, -0.25) is 0 Å². The minimum Gasteiger partial charge on any atom is -0.393 e. The maximum absolute atomic E-state index is 10.8. The van der Waals surface area contributed by atoms with E-state index >= 15 is 0 Å². The highest BCUT2D eigenvalue weighted by molar-refractivity contribution is 5.14. The van der Waals surface area contributed by atoms with Crippen molar-refractivity contribution < 1.29 is 14.6 Å². The maximum Gasteiger partial charge on any atom is 0.157 e. The molecule has 0 spiro atoms. The third-order valence-electron chi connectivity index (χ3n) is 8.10. The lowest BCUT2D eigenvalue weighted by Gasteiger charge is -2.32. The summed E-state index contributed by atoms with van der Waals surface area (Å²) in [5, 5.41) is 10.8. The number of hydrogen-bond donors (Lipinski definition) is 1. The number of hydrogen-bond acceptors (Lipinski definition) is 3. The summed E-state index contributed by atoms with van der Waals surface area (Å²) in [6.45, 7) is 13.9. The van der Waals surface area contributed by atoms with Gasteiger partial charge in [0.1, 0.15) is 0 Å². The fraction of sp³-hybridized carbons (Fsp3) is 0.778. The smallest absolute Gasteiger partial charge is 0.157 e. The summed E-state index contributed by atoms with van der Waals surface area (Å²) in [4.78, 5) is 0. The molecule has 2 rings (SSSR count). The van der Waals surface area contributed by atoms with Crippen LogP contribution in [-0.4, -0.2) is 30.7 Å². The monoisotopic (exact) mass is 418 g/mol. The van der Waals surface area contributed by atoms with E-state index in [4.69, 9.17) is 9.47 Å². The average Bonchev–Trinajstić information content (AvgIpc) is 3.15. The fourth-order valence-electron chi connectivity index (χ4n) is 5.11. The van der Waals surface area contributed by atoms with Crippen LogP contribution in [0.25, 0.3) is 0 Å². The summed E-state index contributed by atoms with van der Waals surface area (Å²) in [6.07, 6.45) is 4.90. The van der Waals surface area contributed by atoms with Gasteiger partial charge in [0.05, 0.1) is 12.2 Å². The predicted molar refractivity (Wildman–Crippen MR) is 125 cm³/mol. The van der Waals surface area contributed by atoms with E-state index < -0.39 is 0 Å². The van der Waals surface area contributed by atoms with Crippen LogP contribution >= 0.6 is 0 Å². The third-order valence-corrected chi connectivity index (χ3v) is 8.10. The number of methoxy groups -OCH3 is 1. The molecule has 0 aliphatic carbocycles. The molecule has 0 amide bonds. The molecule has 1 aromatic carbocycles. The fourth-order valence-corrected chi connectivity index (χ4v) is 5.11. The molecule has 1 aromatic rings. The Morgan fingerprint density at radius 3 is 2.13 bits per heavy atom. The minimum atomic E-state index is -0.312. The Labute approximate surface area is 185 Å². The van der Waals surface area contributed by atoms with Crippen molar-refractivity contribution in [3.63, 3.8) is 0 Å². The molecule has 30 heavy (non-hydrogen) atoms. The summed E-state index contributed by atoms with van der Waals surface area (Å²) >= 11 is 0. The molecule has 0 saturated carbocycles. The summed E-state index contributed by atoms with van der Waals surface area (Å²) in [6, 6.07) is 10.8. The van der Waals surface area contributed by atoms with Crippen molar-refractivity contribution in [2.45, 2.75) is 92.1 Å². The Hall–Kier alpha value is -0.900. The molecular weight excluding hydrogens is 372 g/mol. The van der Waals surface area contributed by atoms with Crippen molar-refractivity contribution in [1.29, 1.82) is 0 Å². The van der Waals surface area contributed by atoms with Gasteiger partial charge < -0.3 is 14.6 Å². The molecule has 1 heterocycles. The SMILES string of the molecule is CO[C@@H]1C[C@@H](C)[C@H]([C@@H](C)[C@H](O)CC[C@H](C)[C@H](C)[C@H](C)[C@@H](C)CCc2ccccc2)O1. The lowest BCUT2D eigenvalue weighted by Crippen LogP contribution is -2.33. The highest BCUT2D eigenvalue weighted by atomic mass is 16.7. The zero-order valence-corrected chi connectivity index (χ0v) is 20.4. The van der Waals surface area contributed by atoms with Gasteiger partial charge in [-0.15, -0.1) is 0 Å². The molecule has 1 aliphatic rings. The van der Waals surface area contributed by atoms with Crippen LogP contribution in [0.15, 0.2) is 30.3 Å². The second-order valence-electron chi connectivity index (χ2n) is 10.2. The standard InChI is InChI=1S/C27H46O3/c1-18(13-15-24-11-9-8-10-12-24)21(4)22(5)19(2)14-16-25(28)23(6)27-20(3)17-26(29-7)30-27/h8-12,18-23,25-28H,13-17H2,1-7H3/t18-,19-,20+,21+,22-,23-,25+,26-,27+/m0/s1. The Kier molecular flexibility index (Phi) is 10.3. The van der Waals surface area contributed by atoms with Gasteiger partial charge in [0.2, 0.25) is 0 Å². The predicted octanol–water partition coefficient (Wildman–Crippen LogP) is 6.34. The number of benzene rings is 1. The normalized spacial score (nSPS) is 27.9. The molecule has 1 N–H and O–H groups in total. The van der Waals surface area contributed by atoms with Gasteiger partial charge in [0.15, 0.2) is 6.29 Å². The van der Waals surface area contributed by atoms with Crippen molar-refractivity contribution in [2.75, 3.05) is 7.11 Å². The number of aliphatic hydroxyl groups excluding tert-OH is 1. The lowest BCUT2D eigenvalue weighted by molar-refractivity contribution is -0.137. The molecule has 1 fully saturated rings. The van der Waals surface area contributed by atoms with Crippen molar-refractivity contribution >= 4 is 0 Å². The highest BCUT2D eigenvalue weighted by Gasteiger charge is 2.38. The highest BCUT2D eigenvalue weighted by Crippen LogP contribution is 2.35. The molecule has 0 bridgehead atoms. The lowest BCUT2D eigenvalue weighted by atomic mass is 9.74. The van der Waals surface area contributed by atoms with Crippen LogP contribution in [0.4, 0.5) is 0 Å². The molecule has 0 radical (unpaired) electrons. The van der Waals surface area contributed by atoms with E-state index in [1.165, 1.54) is 12.0 Å². The van der Waals surface area contributed by atoms with E-state index in [0.29, 0.717) is 29.6 Å². The van der Waals surface area contributed by atoms with E-state index in [0.717, 1.165) is 25.7 Å². The van der Waals surface area contributed by atoms with Crippen LogP contribution in [0, 0.1) is 35.5 Å². The molecule has 172 valence electrons. The Bertz CT molecular complexity index is 589. The van der Waals surface area contributed by atoms with E-state index in [1.54, 1.807) is 7.11 Å². The summed E-state index contributed by atoms with van der Waals surface area (Å²) in [5.74, 6) is 3.21. The van der Waals surface area contributed by atoms with Crippen LogP contribution in [0.2, 0.25) is 0 Å². The van der Waals surface area contributed by atoms with Gasteiger partial charge in [-0.25, -0.2) is 0 Å². The van der Waals surface area contributed by atoms with Crippen LogP contribution in [0.3, 0.4) is 0 Å². The van der Waals surface area contributed by atoms with Crippen LogP contribution in [0.5, 0.6) is 0 Å². The number of rotatable bonds is 12. The second kappa shape index (κ2) is 12.2. The van der Waals surface area contributed by atoms with Crippen LogP contribution in [0.1, 0.15) is 72.8 Å². The summed E-state index contributed by atoms with van der Waals surface area (Å²) in [7, 11) is 1.70. The molecular formula is C27H46O3. The van der Waals surface area contributed by atoms with Gasteiger partial charge >= 0.3 is 0 Å². The van der Waals surface area contributed by atoms with E-state index in [9.17, 15) is 5.11 Å². The number of aliphatic hydroxyl groups is 1. The molecule has 1 saturated heterocycles. The van der Waals surface area contributed by atoms with Crippen molar-refractivity contribution in [3.05, 3.63) is 35.9 Å². The van der Waals surface area contributed by atoms with Gasteiger partial charge in [-0.05, 0) is 60.8 Å². The summed E-state index contributed by atoms with van der Waals surface area (Å²) < 4.78 is 11.4. The zero-order chi connectivity index (χ0) is 22.3. The average molecular weight is 419 g/mol. The van der Waals surface area contributed by atoms with Gasteiger partial charge in [0, 0.05) is 19.4 Å². The molecule has 3 heteroatoms. The van der Waals surface area contributed by atoms with E-state index in [-0.39, 0.29) is 24.4 Å². The van der Waals surface area contributed by atoms with Gasteiger partial charge in [0.25, 0.3) is 0 Å². The molecule has 9 atom stereocenters. The topological polar surface area (TPSA) is 38.7 Å². The Morgan fingerprint density at radius 2 is 1.57 bits per heavy atom. The van der Waals surface area contributed by atoms with Crippen molar-refractivity contribution in [3.8, 4) is 0 Å². The molecule has 1 aliphatic heterocycles. The van der Waals surface area contributed by atoms with E-state index in [2.05, 4.69) is 71.9 Å². The number of ether oxygens (including phenoxy) is 2. The first kappa shape index (κ1) is 25.4. The quantitative estimate of drug-likeness (QED) is 0.430. The minimum absolute atomic E-state index is 0.0922. The molecule has 0 aromatic heterocycles. The largest absolute Gasteiger partial charge is 0.393 e. The third kappa shape index (κ3) is 7.07.